The first-order valence-corrected chi connectivity index (χ1v) is 5.66. The van der Waals surface area contributed by atoms with Crippen molar-refractivity contribution in [2.24, 2.45) is 5.92 Å². The molecule has 3 rings (SSSR count). The number of rotatable bonds is 1. The topological polar surface area (TPSA) is 48.7 Å². The van der Waals surface area contributed by atoms with Crippen LogP contribution in [0.4, 0.5) is 0 Å². The lowest BCUT2D eigenvalue weighted by Gasteiger charge is -2.06. The first-order chi connectivity index (χ1) is 7.86. The van der Waals surface area contributed by atoms with Crippen LogP contribution in [0.3, 0.4) is 0 Å². The zero-order valence-electron chi connectivity index (χ0n) is 8.98. The minimum atomic E-state index is 0.542. The Labute approximate surface area is 94.8 Å². The summed E-state index contributed by atoms with van der Waals surface area (Å²) in [7, 11) is 0. The van der Waals surface area contributed by atoms with Gasteiger partial charge in [-0.15, -0.1) is 0 Å². The number of allylic oxidation sites excluding steroid dienone is 1. The molecule has 1 fully saturated rings. The molecule has 1 N–H and O–H groups in total. The van der Waals surface area contributed by atoms with Gasteiger partial charge in [0.05, 0.1) is 5.56 Å². The summed E-state index contributed by atoms with van der Waals surface area (Å²) in [5.74, 6) is 0.751. The average Bonchev–Trinajstić information content (AvgIpc) is 2.89. The number of aromatic nitrogens is 1. The summed E-state index contributed by atoms with van der Waals surface area (Å²) in [5.41, 5.74) is 3.09. The van der Waals surface area contributed by atoms with Crippen LogP contribution >= 0.6 is 0 Å². The monoisotopic (exact) mass is 211 g/mol. The van der Waals surface area contributed by atoms with Gasteiger partial charge in [0.1, 0.15) is 6.07 Å². The highest BCUT2D eigenvalue weighted by molar-refractivity contribution is 5.69. The van der Waals surface area contributed by atoms with Crippen LogP contribution in [0.25, 0.3) is 5.57 Å². The van der Waals surface area contributed by atoms with Gasteiger partial charge in [0.2, 0.25) is 0 Å². The van der Waals surface area contributed by atoms with Crippen molar-refractivity contribution in [3.8, 4) is 6.07 Å². The zero-order chi connectivity index (χ0) is 11.0. The Kier molecular flexibility index (Phi) is 2.23. The number of nitrogens with zero attached hydrogens (tertiary/aromatic N) is 2. The lowest BCUT2D eigenvalue weighted by molar-refractivity contribution is 0.553. The maximum Gasteiger partial charge on any atom is 0.101 e. The quantitative estimate of drug-likeness (QED) is 0.769. The van der Waals surface area contributed by atoms with Gasteiger partial charge >= 0.3 is 0 Å². The molecule has 1 aromatic rings. The van der Waals surface area contributed by atoms with Gasteiger partial charge in [0, 0.05) is 18.4 Å². The normalized spacial score (nSPS) is 27.3. The van der Waals surface area contributed by atoms with Crippen LogP contribution in [-0.4, -0.2) is 17.6 Å². The van der Waals surface area contributed by atoms with Gasteiger partial charge in [-0.1, -0.05) is 6.08 Å². The van der Waals surface area contributed by atoms with Crippen molar-refractivity contribution in [1.82, 2.24) is 10.3 Å². The summed E-state index contributed by atoms with van der Waals surface area (Å²) in [5, 5.41) is 12.3. The Bertz CT molecular complexity index is 484. The Balaban J connectivity index is 1.91. The first kappa shape index (κ1) is 9.56. The van der Waals surface area contributed by atoms with Gasteiger partial charge in [-0.3, -0.25) is 4.98 Å². The molecule has 3 heteroatoms. The molecule has 16 heavy (non-hydrogen) atoms. The van der Waals surface area contributed by atoms with E-state index in [0.29, 0.717) is 11.6 Å². The third-order valence-corrected chi connectivity index (χ3v) is 3.50. The van der Waals surface area contributed by atoms with Crippen molar-refractivity contribution in [3.63, 3.8) is 0 Å². The van der Waals surface area contributed by atoms with Gasteiger partial charge in [0.15, 0.2) is 0 Å². The molecule has 1 aliphatic carbocycles. The van der Waals surface area contributed by atoms with Crippen LogP contribution in [0.5, 0.6) is 0 Å². The van der Waals surface area contributed by atoms with E-state index in [-0.39, 0.29) is 0 Å². The molecule has 0 spiro atoms. The molecule has 2 heterocycles. The van der Waals surface area contributed by atoms with Crippen molar-refractivity contribution in [2.75, 3.05) is 6.54 Å². The minimum Gasteiger partial charge on any atom is -0.310 e. The first-order valence-electron chi connectivity index (χ1n) is 5.66. The minimum absolute atomic E-state index is 0.542. The lowest BCUT2D eigenvalue weighted by atomic mass is 9.99. The smallest absolute Gasteiger partial charge is 0.101 e. The molecule has 1 aliphatic heterocycles. The van der Waals surface area contributed by atoms with Crippen LogP contribution in [0.1, 0.15) is 24.0 Å². The van der Waals surface area contributed by atoms with E-state index in [1.54, 1.807) is 6.20 Å². The third-order valence-electron chi connectivity index (χ3n) is 3.50. The van der Waals surface area contributed by atoms with E-state index in [1.807, 2.05) is 12.3 Å². The fourth-order valence-electron chi connectivity index (χ4n) is 2.66. The van der Waals surface area contributed by atoms with E-state index in [2.05, 4.69) is 22.4 Å². The van der Waals surface area contributed by atoms with Gasteiger partial charge in [0.25, 0.3) is 0 Å². The molecule has 2 aliphatic rings. The van der Waals surface area contributed by atoms with E-state index in [4.69, 9.17) is 5.26 Å². The van der Waals surface area contributed by atoms with Gasteiger partial charge in [-0.25, -0.2) is 0 Å². The van der Waals surface area contributed by atoms with E-state index < -0.39 is 0 Å². The number of nitriles is 1. The number of hydrogen-bond acceptors (Lipinski definition) is 3. The number of hydrogen-bond donors (Lipinski definition) is 1. The third kappa shape index (κ3) is 1.52. The standard InChI is InChI=1S/C13H13N3/c14-6-9-3-12(8-15-7-9)11-4-10-1-2-16-13(10)5-11/h3,5,7-8,10,13,16H,1-2,4H2/t10-,13+/m1/s1. The van der Waals surface area contributed by atoms with Crippen molar-refractivity contribution in [2.45, 2.75) is 18.9 Å². The summed E-state index contributed by atoms with van der Waals surface area (Å²) < 4.78 is 0. The predicted octanol–water partition coefficient (Wildman–Crippen LogP) is 1.72. The van der Waals surface area contributed by atoms with Crippen LogP contribution in [0.15, 0.2) is 24.5 Å². The molecule has 0 saturated carbocycles. The maximum absolute atomic E-state index is 8.84. The zero-order valence-corrected chi connectivity index (χ0v) is 8.98. The van der Waals surface area contributed by atoms with Crippen molar-refractivity contribution in [1.29, 1.82) is 5.26 Å². The summed E-state index contributed by atoms with van der Waals surface area (Å²) in [6, 6.07) is 4.61. The number of nitrogens with one attached hydrogen (secondary N) is 1. The van der Waals surface area contributed by atoms with E-state index in [9.17, 15) is 0 Å². The maximum atomic E-state index is 8.84. The molecule has 1 saturated heterocycles. The Morgan fingerprint density at radius 2 is 2.38 bits per heavy atom. The summed E-state index contributed by atoms with van der Waals surface area (Å²) in [6.07, 6.45) is 8.14. The lowest BCUT2D eigenvalue weighted by Crippen LogP contribution is -2.20. The highest BCUT2D eigenvalue weighted by atomic mass is 15.0. The van der Waals surface area contributed by atoms with Gasteiger partial charge < -0.3 is 5.32 Å². The van der Waals surface area contributed by atoms with Crippen LogP contribution in [-0.2, 0) is 0 Å². The highest BCUT2D eigenvalue weighted by Gasteiger charge is 2.31. The molecule has 0 bridgehead atoms. The van der Waals surface area contributed by atoms with E-state index >= 15 is 0 Å². The van der Waals surface area contributed by atoms with E-state index in [0.717, 1.165) is 24.4 Å². The molecule has 2 atom stereocenters. The number of fused-ring (bicyclic) bond motifs is 1. The molecule has 0 aromatic carbocycles. The molecule has 0 unspecified atom stereocenters. The van der Waals surface area contributed by atoms with Crippen molar-refractivity contribution < 1.29 is 0 Å². The molecule has 0 amide bonds. The predicted molar refractivity (Wildman–Crippen MR) is 61.4 cm³/mol. The second kappa shape index (κ2) is 3.73. The fourth-order valence-corrected chi connectivity index (χ4v) is 2.66. The van der Waals surface area contributed by atoms with Gasteiger partial charge in [-0.2, -0.15) is 5.26 Å². The summed E-state index contributed by atoms with van der Waals surface area (Å²) in [6.45, 7) is 1.13. The number of pyridine rings is 1. The van der Waals surface area contributed by atoms with Crippen LogP contribution in [0, 0.1) is 17.2 Å². The summed E-state index contributed by atoms with van der Waals surface area (Å²) in [4.78, 5) is 4.11. The Morgan fingerprint density at radius 1 is 1.44 bits per heavy atom. The van der Waals surface area contributed by atoms with Crippen LogP contribution < -0.4 is 5.32 Å². The second-order valence-electron chi connectivity index (χ2n) is 4.50. The van der Waals surface area contributed by atoms with Crippen molar-refractivity contribution >= 4 is 5.57 Å². The van der Waals surface area contributed by atoms with E-state index in [1.165, 1.54) is 12.0 Å². The SMILES string of the molecule is N#Cc1cncc(C2=C[C@@H]3NCC[C@@H]3C2)c1. The molecule has 80 valence electrons. The molecular formula is C13H13N3. The largest absolute Gasteiger partial charge is 0.310 e. The molecular weight excluding hydrogens is 198 g/mol. The summed E-state index contributed by atoms with van der Waals surface area (Å²) >= 11 is 0. The molecule has 3 nitrogen and oxygen atoms in total. The molecule has 1 aromatic heterocycles. The van der Waals surface area contributed by atoms with Crippen LogP contribution in [0.2, 0.25) is 0 Å². The molecule has 0 radical (unpaired) electrons. The van der Waals surface area contributed by atoms with Gasteiger partial charge in [-0.05, 0) is 42.5 Å². The average molecular weight is 211 g/mol. The Hall–Kier alpha value is -1.66. The second-order valence-corrected chi connectivity index (χ2v) is 4.50. The van der Waals surface area contributed by atoms with Crippen molar-refractivity contribution in [3.05, 3.63) is 35.7 Å². The fraction of sp³-hybridized carbons (Fsp3) is 0.385. The Morgan fingerprint density at radius 3 is 3.19 bits per heavy atom. The highest BCUT2D eigenvalue weighted by Crippen LogP contribution is 2.36.